The Labute approximate surface area is 112 Å². The van der Waals surface area contributed by atoms with Crippen LogP contribution in [0.3, 0.4) is 0 Å². The molecule has 1 heterocycles. The molecule has 7 heteroatoms. The fraction of sp³-hybridized carbons (Fsp3) is 0.250. The van der Waals surface area contributed by atoms with Crippen molar-refractivity contribution in [2.24, 2.45) is 7.05 Å². The zero-order valence-electron chi connectivity index (χ0n) is 10.6. The average Bonchev–Trinajstić information content (AvgIpc) is 2.70. The molecule has 0 saturated carbocycles. The van der Waals surface area contributed by atoms with E-state index in [4.69, 9.17) is 5.73 Å². The van der Waals surface area contributed by atoms with Crippen LogP contribution in [0.5, 0.6) is 0 Å². The molecule has 2 rings (SSSR count). The van der Waals surface area contributed by atoms with E-state index in [1.165, 1.54) is 10.9 Å². The van der Waals surface area contributed by atoms with Gasteiger partial charge in [0, 0.05) is 19.8 Å². The number of aromatic nitrogens is 2. The first-order valence-corrected chi connectivity index (χ1v) is 7.30. The van der Waals surface area contributed by atoms with E-state index in [1.807, 2.05) is 30.3 Å². The van der Waals surface area contributed by atoms with Gasteiger partial charge in [0.25, 0.3) is 0 Å². The van der Waals surface area contributed by atoms with E-state index >= 15 is 0 Å². The second kappa shape index (κ2) is 5.41. The molecule has 0 aliphatic heterocycles. The summed E-state index contributed by atoms with van der Waals surface area (Å²) in [5.74, 6) is 0.00899. The van der Waals surface area contributed by atoms with E-state index in [2.05, 4.69) is 9.82 Å². The van der Waals surface area contributed by atoms with E-state index in [1.54, 1.807) is 7.05 Å². The molecule has 0 bridgehead atoms. The number of nitrogens with zero attached hydrogens (tertiary/aromatic N) is 2. The Balaban J connectivity index is 2.01. The first kappa shape index (κ1) is 13.6. The van der Waals surface area contributed by atoms with Crippen LogP contribution in [0.25, 0.3) is 0 Å². The van der Waals surface area contributed by atoms with E-state index < -0.39 is 10.0 Å². The number of hydrogen-bond acceptors (Lipinski definition) is 4. The first-order valence-electron chi connectivity index (χ1n) is 5.82. The molecule has 0 aliphatic rings. The number of benzene rings is 1. The molecule has 0 aliphatic carbocycles. The van der Waals surface area contributed by atoms with Gasteiger partial charge in [0.1, 0.15) is 4.90 Å². The van der Waals surface area contributed by atoms with Crippen molar-refractivity contribution in [2.75, 3.05) is 12.3 Å². The standard InChI is InChI=1S/C12H16N4O2S/c1-16-9-11(12(13)15-16)19(17,18)14-8-7-10-5-3-2-4-6-10/h2-6,9,14H,7-8H2,1H3,(H2,13,15). The lowest BCUT2D eigenvalue weighted by Crippen LogP contribution is -2.26. The summed E-state index contributed by atoms with van der Waals surface area (Å²) >= 11 is 0. The van der Waals surface area contributed by atoms with Crippen LogP contribution in [-0.2, 0) is 23.5 Å². The Morgan fingerprint density at radius 1 is 1.32 bits per heavy atom. The number of rotatable bonds is 5. The van der Waals surface area contributed by atoms with Crippen molar-refractivity contribution < 1.29 is 8.42 Å². The maximum Gasteiger partial charge on any atom is 0.245 e. The van der Waals surface area contributed by atoms with Gasteiger partial charge in [-0.1, -0.05) is 30.3 Å². The lowest BCUT2D eigenvalue weighted by Gasteiger charge is -2.05. The topological polar surface area (TPSA) is 90.0 Å². The van der Waals surface area contributed by atoms with Gasteiger partial charge in [-0.25, -0.2) is 13.1 Å². The van der Waals surface area contributed by atoms with Crippen LogP contribution in [0.1, 0.15) is 5.56 Å². The minimum Gasteiger partial charge on any atom is -0.381 e. The van der Waals surface area contributed by atoms with Crippen LogP contribution in [0.4, 0.5) is 5.82 Å². The highest BCUT2D eigenvalue weighted by molar-refractivity contribution is 7.89. The van der Waals surface area contributed by atoms with E-state index in [9.17, 15) is 8.42 Å². The molecule has 0 radical (unpaired) electrons. The van der Waals surface area contributed by atoms with Crippen LogP contribution in [0, 0.1) is 0 Å². The summed E-state index contributed by atoms with van der Waals surface area (Å²) in [5.41, 5.74) is 6.63. The largest absolute Gasteiger partial charge is 0.381 e. The third-order valence-electron chi connectivity index (χ3n) is 2.66. The summed E-state index contributed by atoms with van der Waals surface area (Å²) in [6.45, 7) is 0.320. The first-order chi connectivity index (χ1) is 8.99. The highest BCUT2D eigenvalue weighted by Crippen LogP contribution is 2.14. The zero-order valence-corrected chi connectivity index (χ0v) is 11.4. The SMILES string of the molecule is Cn1cc(S(=O)(=O)NCCc2ccccc2)c(N)n1. The Morgan fingerprint density at radius 3 is 2.58 bits per heavy atom. The summed E-state index contributed by atoms with van der Waals surface area (Å²) < 4.78 is 27.9. The van der Waals surface area contributed by atoms with Crippen LogP contribution in [-0.4, -0.2) is 24.7 Å². The highest BCUT2D eigenvalue weighted by Gasteiger charge is 2.19. The number of nitrogens with one attached hydrogen (secondary N) is 1. The van der Waals surface area contributed by atoms with E-state index in [0.717, 1.165) is 5.56 Å². The third-order valence-corrected chi connectivity index (χ3v) is 4.14. The maximum absolute atomic E-state index is 12.0. The highest BCUT2D eigenvalue weighted by atomic mass is 32.2. The van der Waals surface area contributed by atoms with Crippen LogP contribution in [0.2, 0.25) is 0 Å². The molecule has 0 amide bonds. The molecule has 2 aromatic rings. The zero-order chi connectivity index (χ0) is 13.9. The lowest BCUT2D eigenvalue weighted by atomic mass is 10.2. The number of aryl methyl sites for hydroxylation is 1. The average molecular weight is 280 g/mol. The van der Waals surface area contributed by atoms with Crippen molar-refractivity contribution in [2.45, 2.75) is 11.3 Å². The van der Waals surface area contributed by atoms with Gasteiger partial charge in [0.05, 0.1) is 0 Å². The number of nitrogens with two attached hydrogens (primary N) is 1. The minimum absolute atomic E-state index is 0.00899. The molecular formula is C12H16N4O2S. The van der Waals surface area contributed by atoms with Gasteiger partial charge in [-0.3, -0.25) is 4.68 Å². The monoisotopic (exact) mass is 280 g/mol. The van der Waals surface area contributed by atoms with E-state index in [-0.39, 0.29) is 10.7 Å². The summed E-state index contributed by atoms with van der Waals surface area (Å²) in [6.07, 6.45) is 2.01. The fourth-order valence-electron chi connectivity index (χ4n) is 1.74. The number of anilines is 1. The lowest BCUT2D eigenvalue weighted by molar-refractivity contribution is 0.582. The van der Waals surface area contributed by atoms with Gasteiger partial charge in [0.15, 0.2) is 5.82 Å². The predicted octanol–water partition coefficient (Wildman–Crippen LogP) is 0.523. The van der Waals surface area contributed by atoms with Gasteiger partial charge in [-0.05, 0) is 12.0 Å². The Kier molecular flexibility index (Phi) is 3.87. The molecule has 0 spiro atoms. The van der Waals surface area contributed by atoms with E-state index in [0.29, 0.717) is 13.0 Å². The van der Waals surface area contributed by atoms with Crippen LogP contribution >= 0.6 is 0 Å². The molecule has 19 heavy (non-hydrogen) atoms. The maximum atomic E-state index is 12.0. The van der Waals surface area contributed by atoms with Crippen LogP contribution < -0.4 is 10.5 Å². The quantitative estimate of drug-likeness (QED) is 0.835. The molecular weight excluding hydrogens is 264 g/mol. The molecule has 0 atom stereocenters. The van der Waals surface area contributed by atoms with Gasteiger partial charge < -0.3 is 5.73 Å². The second-order valence-electron chi connectivity index (χ2n) is 4.19. The third kappa shape index (κ3) is 3.33. The van der Waals surface area contributed by atoms with Gasteiger partial charge in [-0.2, -0.15) is 5.10 Å². The molecule has 1 aromatic heterocycles. The molecule has 6 nitrogen and oxygen atoms in total. The van der Waals surface area contributed by atoms with Crippen molar-refractivity contribution in [3.05, 3.63) is 42.1 Å². The van der Waals surface area contributed by atoms with Gasteiger partial charge in [0.2, 0.25) is 10.0 Å². The molecule has 102 valence electrons. The number of sulfonamides is 1. The molecule has 1 aromatic carbocycles. The Bertz CT molecular complexity index is 650. The predicted molar refractivity (Wildman–Crippen MR) is 73.0 cm³/mol. The normalized spacial score (nSPS) is 11.6. The van der Waals surface area contributed by atoms with Gasteiger partial charge in [-0.15, -0.1) is 0 Å². The van der Waals surface area contributed by atoms with Crippen molar-refractivity contribution in [1.29, 1.82) is 0 Å². The summed E-state index contributed by atoms with van der Waals surface area (Å²) in [5, 5.41) is 3.82. The molecule has 0 unspecified atom stereocenters. The molecule has 3 N–H and O–H groups in total. The fourth-order valence-corrected chi connectivity index (χ4v) is 2.88. The number of hydrogen-bond donors (Lipinski definition) is 2. The van der Waals surface area contributed by atoms with Crippen molar-refractivity contribution in [3.63, 3.8) is 0 Å². The number of nitrogen functional groups attached to an aromatic ring is 1. The molecule has 0 fully saturated rings. The van der Waals surface area contributed by atoms with Crippen LogP contribution in [0.15, 0.2) is 41.4 Å². The summed E-state index contributed by atoms with van der Waals surface area (Å²) in [6, 6.07) is 9.66. The molecule has 0 saturated heterocycles. The van der Waals surface area contributed by atoms with Crippen molar-refractivity contribution >= 4 is 15.8 Å². The second-order valence-corrected chi connectivity index (χ2v) is 5.92. The Hall–Kier alpha value is -1.86. The summed E-state index contributed by atoms with van der Waals surface area (Å²) in [7, 11) is -1.97. The smallest absolute Gasteiger partial charge is 0.245 e. The van der Waals surface area contributed by atoms with Crippen molar-refractivity contribution in [1.82, 2.24) is 14.5 Å². The summed E-state index contributed by atoms with van der Waals surface area (Å²) in [4.78, 5) is 0.0167. The Morgan fingerprint density at radius 2 is 2.00 bits per heavy atom. The van der Waals surface area contributed by atoms with Gasteiger partial charge >= 0.3 is 0 Å². The minimum atomic E-state index is -3.60. The van der Waals surface area contributed by atoms with Crippen molar-refractivity contribution in [3.8, 4) is 0 Å².